The van der Waals surface area contributed by atoms with Crippen LogP contribution in [0.1, 0.15) is 28.9 Å². The number of nitrogens with zero attached hydrogens (tertiary/aromatic N) is 4. The third-order valence-electron chi connectivity index (χ3n) is 5.11. The van der Waals surface area contributed by atoms with Gasteiger partial charge in [0, 0.05) is 25.5 Å². The van der Waals surface area contributed by atoms with E-state index in [0.717, 1.165) is 5.69 Å². The zero-order valence-electron chi connectivity index (χ0n) is 17.1. The molecule has 0 bridgehead atoms. The molecule has 3 aromatic rings. The van der Waals surface area contributed by atoms with E-state index in [2.05, 4.69) is 25.1 Å². The lowest BCUT2D eigenvalue weighted by molar-refractivity contribution is 0.0636. The van der Waals surface area contributed by atoms with Crippen molar-refractivity contribution in [1.29, 1.82) is 0 Å². The Bertz CT molecular complexity index is 1200. The molecule has 1 fully saturated rings. The quantitative estimate of drug-likeness (QED) is 0.414. The summed E-state index contributed by atoms with van der Waals surface area (Å²) in [4.78, 5) is 21.2. The second-order valence-corrected chi connectivity index (χ2v) is 8.78. The van der Waals surface area contributed by atoms with Crippen molar-refractivity contribution in [2.24, 2.45) is 0 Å². The van der Waals surface area contributed by atoms with Crippen LogP contribution in [0.25, 0.3) is 5.69 Å². The Balaban J connectivity index is 1.50. The Kier molecular flexibility index (Phi) is 6.28. The molecule has 11 nitrogen and oxygen atoms in total. The second kappa shape index (κ2) is 9.12. The molecule has 2 aromatic heterocycles. The molecule has 1 saturated carbocycles. The van der Waals surface area contributed by atoms with Crippen molar-refractivity contribution in [3.63, 3.8) is 0 Å². The molecule has 168 valence electrons. The van der Waals surface area contributed by atoms with Gasteiger partial charge in [-0.1, -0.05) is 18.2 Å². The second-order valence-electron chi connectivity index (χ2n) is 7.27. The SMILES string of the molecule is CNS(=O)(=O)O[C@@H]1C[C@H](Nc2ncncc2C(=O)c2ccn(-c3ccccc3)n2)C[C@@H]1O. The molecule has 3 atom stereocenters. The fraction of sp³-hybridized carbons (Fsp3) is 0.300. The van der Waals surface area contributed by atoms with Gasteiger partial charge in [-0.2, -0.15) is 18.2 Å². The molecular formula is C20H22N6O5S. The highest BCUT2D eigenvalue weighted by Gasteiger charge is 2.37. The number of para-hydroxylation sites is 1. The van der Waals surface area contributed by atoms with E-state index < -0.39 is 22.5 Å². The van der Waals surface area contributed by atoms with Gasteiger partial charge in [0.15, 0.2) is 0 Å². The van der Waals surface area contributed by atoms with Gasteiger partial charge in [0.25, 0.3) is 0 Å². The number of aromatic nitrogens is 4. The van der Waals surface area contributed by atoms with E-state index in [1.54, 1.807) is 16.9 Å². The number of carbonyl (C=O) groups is 1. The smallest absolute Gasteiger partial charge is 0.335 e. The van der Waals surface area contributed by atoms with Gasteiger partial charge in [0.1, 0.15) is 23.9 Å². The molecular weight excluding hydrogens is 436 g/mol. The van der Waals surface area contributed by atoms with E-state index in [9.17, 15) is 18.3 Å². The normalized spacial score (nSPS) is 20.9. The first-order valence-electron chi connectivity index (χ1n) is 9.88. The Morgan fingerprint density at radius 1 is 1.22 bits per heavy atom. The first-order valence-corrected chi connectivity index (χ1v) is 11.3. The van der Waals surface area contributed by atoms with E-state index in [4.69, 9.17) is 4.18 Å². The van der Waals surface area contributed by atoms with Crippen molar-refractivity contribution in [1.82, 2.24) is 24.5 Å². The molecule has 2 heterocycles. The van der Waals surface area contributed by atoms with E-state index in [0.29, 0.717) is 0 Å². The molecule has 1 aliphatic rings. The van der Waals surface area contributed by atoms with Crippen LogP contribution >= 0.6 is 0 Å². The first kappa shape index (κ1) is 22.0. The van der Waals surface area contributed by atoms with Gasteiger partial charge in [-0.3, -0.25) is 8.98 Å². The van der Waals surface area contributed by atoms with Crippen LogP contribution in [0.15, 0.2) is 55.1 Å². The zero-order chi connectivity index (χ0) is 22.7. The lowest BCUT2D eigenvalue weighted by atomic mass is 10.1. The van der Waals surface area contributed by atoms with E-state index >= 15 is 0 Å². The predicted octanol–water partition coefficient (Wildman–Crippen LogP) is 0.678. The highest BCUT2D eigenvalue weighted by atomic mass is 32.2. The maximum absolute atomic E-state index is 13.1. The van der Waals surface area contributed by atoms with Crippen molar-refractivity contribution in [3.05, 3.63) is 66.4 Å². The molecule has 0 spiro atoms. The van der Waals surface area contributed by atoms with Gasteiger partial charge < -0.3 is 10.4 Å². The summed E-state index contributed by atoms with van der Waals surface area (Å²) in [6.45, 7) is 0. The minimum Gasteiger partial charge on any atom is -0.390 e. The van der Waals surface area contributed by atoms with Crippen LogP contribution < -0.4 is 10.0 Å². The minimum absolute atomic E-state index is 0.211. The number of carbonyl (C=O) groups excluding carboxylic acids is 1. The Hall–Kier alpha value is -3.19. The minimum atomic E-state index is -3.94. The third-order valence-corrected chi connectivity index (χ3v) is 6.11. The maximum Gasteiger partial charge on any atom is 0.335 e. The van der Waals surface area contributed by atoms with Crippen LogP contribution in [-0.2, 0) is 14.5 Å². The number of hydrogen-bond donors (Lipinski definition) is 3. The molecule has 4 rings (SSSR count). The molecule has 0 aliphatic heterocycles. The number of nitrogens with one attached hydrogen (secondary N) is 2. The summed E-state index contributed by atoms with van der Waals surface area (Å²) < 4.78 is 31.9. The van der Waals surface area contributed by atoms with Crippen molar-refractivity contribution in [3.8, 4) is 5.69 Å². The molecule has 1 aromatic carbocycles. The van der Waals surface area contributed by atoms with Crippen molar-refractivity contribution in [2.45, 2.75) is 31.1 Å². The van der Waals surface area contributed by atoms with Gasteiger partial charge in [-0.25, -0.2) is 14.6 Å². The number of hydrogen-bond acceptors (Lipinski definition) is 9. The zero-order valence-corrected chi connectivity index (χ0v) is 17.9. The highest BCUT2D eigenvalue weighted by Crippen LogP contribution is 2.27. The lowest BCUT2D eigenvalue weighted by Crippen LogP contribution is -2.31. The molecule has 32 heavy (non-hydrogen) atoms. The Morgan fingerprint density at radius 2 is 2.00 bits per heavy atom. The van der Waals surface area contributed by atoms with Gasteiger partial charge in [-0.05, 0) is 31.0 Å². The average Bonchev–Trinajstić information content (AvgIpc) is 3.41. The summed E-state index contributed by atoms with van der Waals surface area (Å²) in [6.07, 6.45) is 2.92. The largest absolute Gasteiger partial charge is 0.390 e. The van der Waals surface area contributed by atoms with Crippen LogP contribution in [0.5, 0.6) is 0 Å². The number of anilines is 1. The molecule has 1 aliphatic carbocycles. The number of rotatable bonds is 8. The number of aliphatic hydroxyl groups is 1. The summed E-state index contributed by atoms with van der Waals surface area (Å²) in [5, 5.41) is 17.6. The number of aliphatic hydroxyl groups excluding tert-OH is 1. The summed E-state index contributed by atoms with van der Waals surface area (Å²) in [5.74, 6) is -0.0968. The van der Waals surface area contributed by atoms with Crippen molar-refractivity contribution in [2.75, 3.05) is 12.4 Å². The van der Waals surface area contributed by atoms with Crippen LogP contribution in [-0.4, -0.2) is 64.4 Å². The van der Waals surface area contributed by atoms with E-state index in [-0.39, 0.29) is 41.7 Å². The fourth-order valence-electron chi connectivity index (χ4n) is 3.52. The number of benzene rings is 1. The molecule has 0 unspecified atom stereocenters. The van der Waals surface area contributed by atoms with Gasteiger partial charge in [0.2, 0.25) is 5.78 Å². The van der Waals surface area contributed by atoms with Crippen LogP contribution in [0.2, 0.25) is 0 Å². The lowest BCUT2D eigenvalue weighted by Gasteiger charge is -2.15. The van der Waals surface area contributed by atoms with Gasteiger partial charge >= 0.3 is 10.3 Å². The van der Waals surface area contributed by atoms with Crippen LogP contribution in [0.3, 0.4) is 0 Å². The molecule has 3 N–H and O–H groups in total. The molecule has 0 amide bonds. The highest BCUT2D eigenvalue weighted by molar-refractivity contribution is 7.84. The summed E-state index contributed by atoms with van der Waals surface area (Å²) in [7, 11) is -2.71. The first-order chi connectivity index (χ1) is 15.4. The number of ketones is 1. The topological polar surface area (TPSA) is 148 Å². The van der Waals surface area contributed by atoms with Gasteiger partial charge in [0.05, 0.1) is 17.4 Å². The van der Waals surface area contributed by atoms with Crippen LogP contribution in [0, 0.1) is 0 Å². The summed E-state index contributed by atoms with van der Waals surface area (Å²) in [6, 6.07) is 10.6. The van der Waals surface area contributed by atoms with Gasteiger partial charge in [-0.15, -0.1) is 0 Å². The van der Waals surface area contributed by atoms with Crippen LogP contribution in [0.4, 0.5) is 5.82 Å². The molecule has 0 saturated heterocycles. The fourth-order valence-corrected chi connectivity index (χ4v) is 4.15. The van der Waals surface area contributed by atoms with E-state index in [1.165, 1.54) is 19.6 Å². The summed E-state index contributed by atoms with van der Waals surface area (Å²) >= 11 is 0. The summed E-state index contributed by atoms with van der Waals surface area (Å²) in [5.41, 5.74) is 1.25. The molecule has 12 heteroatoms. The Labute approximate surface area is 184 Å². The van der Waals surface area contributed by atoms with Crippen molar-refractivity contribution < 1.29 is 22.5 Å². The van der Waals surface area contributed by atoms with Crippen molar-refractivity contribution >= 4 is 21.9 Å². The predicted molar refractivity (Wildman–Crippen MR) is 115 cm³/mol. The average molecular weight is 459 g/mol. The third kappa shape index (κ3) is 4.83. The maximum atomic E-state index is 13.1. The Morgan fingerprint density at radius 3 is 2.75 bits per heavy atom. The monoisotopic (exact) mass is 458 g/mol. The van der Waals surface area contributed by atoms with E-state index in [1.807, 2.05) is 30.3 Å². The standard InChI is InChI=1S/C20H22N6O5S/c1-21-32(29,30)31-18-10-13(9-17(18)27)24-20-15(11-22-12-23-20)19(28)16-7-8-26(25-16)14-5-3-2-4-6-14/h2-8,11-13,17-18,21,27H,9-10H2,1H3,(H,22,23,24)/t13-,17+,18-/m1/s1. The molecule has 0 radical (unpaired) electrons.